The fourth-order valence-corrected chi connectivity index (χ4v) is 2.48. The molecule has 6 heteroatoms. The lowest BCUT2D eigenvalue weighted by Gasteiger charge is -2.11. The van der Waals surface area contributed by atoms with Crippen molar-refractivity contribution in [1.29, 1.82) is 0 Å². The Labute approximate surface area is 98.5 Å². The number of likely N-dealkylation sites (N-methyl/N-ethyl adjacent to an activating group) is 1. The second-order valence-electron chi connectivity index (χ2n) is 3.71. The van der Waals surface area contributed by atoms with Crippen molar-refractivity contribution in [3.8, 4) is 0 Å². The Balaban J connectivity index is 2.12. The van der Waals surface area contributed by atoms with E-state index < -0.39 is 0 Å². The first-order valence-electron chi connectivity index (χ1n) is 5.14. The summed E-state index contributed by atoms with van der Waals surface area (Å²) in [6.07, 6.45) is 4.71. The van der Waals surface area contributed by atoms with E-state index >= 15 is 0 Å². The van der Waals surface area contributed by atoms with E-state index in [1.807, 2.05) is 33.4 Å². The van der Waals surface area contributed by atoms with Crippen LogP contribution in [0.5, 0.6) is 0 Å². The molecule has 0 radical (unpaired) electrons. The normalized spacial score (nSPS) is 12.9. The third-order valence-corrected chi connectivity index (χ3v) is 3.42. The van der Waals surface area contributed by atoms with Crippen molar-refractivity contribution in [1.82, 2.24) is 25.3 Å². The van der Waals surface area contributed by atoms with Crippen molar-refractivity contribution in [2.24, 2.45) is 7.05 Å². The summed E-state index contributed by atoms with van der Waals surface area (Å²) in [4.78, 5) is 5.51. The summed E-state index contributed by atoms with van der Waals surface area (Å²) in [7, 11) is 3.83. The SMILES string of the molecule is CNC(Cc1cn(C)nn1)c1cnc(C)s1. The van der Waals surface area contributed by atoms with Crippen molar-refractivity contribution >= 4 is 11.3 Å². The monoisotopic (exact) mass is 237 g/mol. The molecule has 0 saturated heterocycles. The molecule has 0 aliphatic carbocycles. The molecule has 0 bridgehead atoms. The lowest BCUT2D eigenvalue weighted by molar-refractivity contribution is 0.592. The summed E-state index contributed by atoms with van der Waals surface area (Å²) >= 11 is 1.72. The molecule has 16 heavy (non-hydrogen) atoms. The van der Waals surface area contributed by atoms with Crippen molar-refractivity contribution in [2.45, 2.75) is 19.4 Å². The highest BCUT2D eigenvalue weighted by Crippen LogP contribution is 2.22. The van der Waals surface area contributed by atoms with E-state index in [0.29, 0.717) is 0 Å². The summed E-state index contributed by atoms with van der Waals surface area (Å²) in [6, 6.07) is 0.267. The lowest BCUT2D eigenvalue weighted by Crippen LogP contribution is -2.17. The van der Waals surface area contributed by atoms with Crippen LogP contribution in [0.25, 0.3) is 0 Å². The number of nitrogens with zero attached hydrogens (tertiary/aromatic N) is 4. The summed E-state index contributed by atoms with van der Waals surface area (Å²) in [6.45, 7) is 2.02. The number of nitrogens with one attached hydrogen (secondary N) is 1. The van der Waals surface area contributed by atoms with Gasteiger partial charge in [-0.2, -0.15) is 0 Å². The van der Waals surface area contributed by atoms with E-state index in [2.05, 4.69) is 20.6 Å². The minimum absolute atomic E-state index is 0.267. The zero-order valence-electron chi connectivity index (χ0n) is 9.64. The van der Waals surface area contributed by atoms with E-state index in [9.17, 15) is 0 Å². The van der Waals surface area contributed by atoms with Crippen molar-refractivity contribution in [3.05, 3.63) is 28.0 Å². The van der Waals surface area contributed by atoms with Gasteiger partial charge in [-0.05, 0) is 14.0 Å². The second kappa shape index (κ2) is 4.71. The molecule has 2 aromatic rings. The fraction of sp³-hybridized carbons (Fsp3) is 0.500. The molecule has 1 unspecified atom stereocenters. The third-order valence-electron chi connectivity index (χ3n) is 2.39. The topological polar surface area (TPSA) is 55.6 Å². The fourth-order valence-electron chi connectivity index (χ4n) is 1.58. The number of aryl methyl sites for hydroxylation is 2. The standard InChI is InChI=1S/C10H15N5S/c1-7-12-5-10(16-7)9(11-2)4-8-6-15(3)14-13-8/h5-6,9,11H,4H2,1-3H3. The van der Waals surface area contributed by atoms with Gasteiger partial charge in [-0.3, -0.25) is 4.68 Å². The number of hydrogen-bond donors (Lipinski definition) is 1. The molecule has 2 heterocycles. The van der Waals surface area contributed by atoms with Crippen LogP contribution in [0.4, 0.5) is 0 Å². The van der Waals surface area contributed by atoms with Crippen LogP contribution in [0.2, 0.25) is 0 Å². The molecule has 0 amide bonds. The molecule has 0 spiro atoms. The van der Waals surface area contributed by atoms with Gasteiger partial charge in [-0.1, -0.05) is 5.21 Å². The first-order chi connectivity index (χ1) is 7.69. The van der Waals surface area contributed by atoms with E-state index in [0.717, 1.165) is 17.1 Å². The zero-order chi connectivity index (χ0) is 11.5. The van der Waals surface area contributed by atoms with Gasteiger partial charge in [0.25, 0.3) is 0 Å². The third kappa shape index (κ3) is 2.45. The molecule has 2 rings (SSSR count). The maximum absolute atomic E-state index is 4.27. The zero-order valence-corrected chi connectivity index (χ0v) is 10.5. The van der Waals surface area contributed by atoms with Crippen LogP contribution in [0.1, 0.15) is 21.6 Å². The Bertz CT molecular complexity index is 461. The first kappa shape index (κ1) is 11.2. The summed E-state index contributed by atoms with van der Waals surface area (Å²) in [5.41, 5.74) is 0.993. The van der Waals surface area contributed by atoms with Gasteiger partial charge in [0.2, 0.25) is 0 Å². The minimum atomic E-state index is 0.267. The van der Waals surface area contributed by atoms with Gasteiger partial charge in [0.15, 0.2) is 0 Å². The second-order valence-corrected chi connectivity index (χ2v) is 4.98. The molecular weight excluding hydrogens is 222 g/mol. The average Bonchev–Trinajstić information content (AvgIpc) is 2.84. The molecule has 0 fully saturated rings. The van der Waals surface area contributed by atoms with Crippen LogP contribution in [-0.4, -0.2) is 27.0 Å². The highest BCUT2D eigenvalue weighted by Gasteiger charge is 2.14. The van der Waals surface area contributed by atoms with Gasteiger partial charge < -0.3 is 5.32 Å². The Morgan fingerprint density at radius 2 is 2.38 bits per heavy atom. The van der Waals surface area contributed by atoms with Gasteiger partial charge >= 0.3 is 0 Å². The van der Waals surface area contributed by atoms with Crippen LogP contribution in [0.3, 0.4) is 0 Å². The van der Waals surface area contributed by atoms with Gasteiger partial charge in [-0.25, -0.2) is 4.98 Å². The van der Waals surface area contributed by atoms with Gasteiger partial charge in [0.05, 0.1) is 10.7 Å². The van der Waals surface area contributed by atoms with E-state index in [4.69, 9.17) is 0 Å². The summed E-state index contributed by atoms with van der Waals surface area (Å²) < 4.78 is 1.72. The maximum Gasteiger partial charge on any atom is 0.0897 e. The Morgan fingerprint density at radius 3 is 2.88 bits per heavy atom. The van der Waals surface area contributed by atoms with E-state index in [1.54, 1.807) is 16.0 Å². The van der Waals surface area contributed by atoms with E-state index in [1.165, 1.54) is 4.88 Å². The number of rotatable bonds is 4. The van der Waals surface area contributed by atoms with Crippen LogP contribution in [0.15, 0.2) is 12.4 Å². The summed E-state index contributed by atoms with van der Waals surface area (Å²) in [5, 5.41) is 12.4. The Morgan fingerprint density at radius 1 is 1.56 bits per heavy atom. The molecule has 0 aromatic carbocycles. The molecule has 1 atom stereocenters. The van der Waals surface area contributed by atoms with Crippen molar-refractivity contribution in [2.75, 3.05) is 7.05 Å². The van der Waals surface area contributed by atoms with Crippen LogP contribution in [0, 0.1) is 6.92 Å². The largest absolute Gasteiger partial charge is 0.312 e. The van der Waals surface area contributed by atoms with Crippen molar-refractivity contribution < 1.29 is 0 Å². The molecule has 2 aromatic heterocycles. The number of thiazole rings is 1. The molecular formula is C10H15N5S. The van der Waals surface area contributed by atoms with Gasteiger partial charge in [0, 0.05) is 36.8 Å². The molecule has 5 nitrogen and oxygen atoms in total. The predicted molar refractivity (Wildman–Crippen MR) is 63.4 cm³/mol. The molecule has 0 aliphatic rings. The maximum atomic E-state index is 4.27. The quantitative estimate of drug-likeness (QED) is 0.864. The molecule has 1 N–H and O–H groups in total. The van der Waals surface area contributed by atoms with E-state index in [-0.39, 0.29) is 6.04 Å². The Kier molecular flexibility index (Phi) is 3.31. The number of aromatic nitrogens is 4. The summed E-state index contributed by atoms with van der Waals surface area (Å²) in [5.74, 6) is 0. The molecule has 0 saturated carbocycles. The minimum Gasteiger partial charge on any atom is -0.312 e. The van der Waals surface area contributed by atoms with Gasteiger partial charge in [0.1, 0.15) is 0 Å². The first-order valence-corrected chi connectivity index (χ1v) is 5.95. The van der Waals surface area contributed by atoms with Crippen LogP contribution in [-0.2, 0) is 13.5 Å². The number of hydrogen-bond acceptors (Lipinski definition) is 5. The average molecular weight is 237 g/mol. The molecule has 0 aliphatic heterocycles. The highest BCUT2D eigenvalue weighted by molar-refractivity contribution is 7.11. The van der Waals surface area contributed by atoms with Crippen molar-refractivity contribution in [3.63, 3.8) is 0 Å². The molecule has 86 valence electrons. The van der Waals surface area contributed by atoms with Crippen LogP contribution >= 0.6 is 11.3 Å². The Hall–Kier alpha value is -1.27. The lowest BCUT2D eigenvalue weighted by atomic mass is 10.1. The smallest absolute Gasteiger partial charge is 0.0897 e. The van der Waals surface area contributed by atoms with Crippen LogP contribution < -0.4 is 5.32 Å². The van der Waals surface area contributed by atoms with Gasteiger partial charge in [-0.15, -0.1) is 16.4 Å². The highest BCUT2D eigenvalue weighted by atomic mass is 32.1. The predicted octanol–water partition coefficient (Wildman–Crippen LogP) is 1.08.